The molecule has 0 amide bonds. The van der Waals surface area contributed by atoms with E-state index >= 15 is 0 Å². The van der Waals surface area contributed by atoms with Gasteiger partial charge in [-0.15, -0.1) is 24.8 Å². The van der Waals surface area contributed by atoms with Crippen LogP contribution in [0.4, 0.5) is 87.8 Å². The number of hydrogen-bond donors (Lipinski definition) is 6. The van der Waals surface area contributed by atoms with Gasteiger partial charge in [-0.05, 0) is 19.3 Å². The van der Waals surface area contributed by atoms with Crippen LogP contribution in [0, 0.1) is 0 Å². The molecule has 6 rings (SSSR count). The normalized spacial score (nSPS) is 29.4. The number of halogens is 20. The van der Waals surface area contributed by atoms with E-state index in [1.807, 2.05) is 0 Å². The van der Waals surface area contributed by atoms with E-state index in [-0.39, 0.29) is 117 Å². The van der Waals surface area contributed by atoms with Gasteiger partial charge in [-0.3, -0.25) is 0 Å². The molecule has 510 valence electrons. The van der Waals surface area contributed by atoms with Crippen molar-refractivity contribution in [2.24, 2.45) is 0 Å². The van der Waals surface area contributed by atoms with Crippen LogP contribution in [-0.2, 0) is 120 Å². The van der Waals surface area contributed by atoms with Crippen LogP contribution in [0.5, 0.6) is 0 Å². The summed E-state index contributed by atoms with van der Waals surface area (Å²) < 4.78 is 516. The van der Waals surface area contributed by atoms with Crippen LogP contribution < -0.4 is 138 Å². The topological polar surface area (TPSA) is 482 Å². The Balaban J connectivity index is -0.000000241. The monoisotopic (exact) mass is 1580 g/mol. The van der Waals surface area contributed by atoms with Crippen LogP contribution in [0.1, 0.15) is 44.9 Å². The minimum Gasteiger partial charge on any atom is -0.211 e. The SMILES string of the molecule is O=S1(=O)CC(F)(F)S(=O)(=O)N1.O=S1(=O)CCC(F)(F)C(F)(F)S(=O)(=O)N1.O=S1(=O)CCC(F)(F)S(=O)(=O)N1.O=S1(=O)CCCC(F)(F)C(F)(F)S(=O)(=O)N1.O=S1(=O)CCCCC(F)(F)C(F)(F)C(F)(F)C(F)(F)S(=O)(=O)N1.O=S1(=O)CS(=O)(=O)N1.[Li+].[Li+].[Li+].[Li+].[Li+].[Li+]. The summed E-state index contributed by atoms with van der Waals surface area (Å²) in [6, 6.07) is 0. The van der Waals surface area contributed by atoms with E-state index in [4.69, 9.17) is 0 Å². The van der Waals surface area contributed by atoms with Crippen LogP contribution in [0.3, 0.4) is 0 Å². The molecule has 0 aromatic carbocycles. The molecule has 30 nitrogen and oxygen atoms in total. The van der Waals surface area contributed by atoms with E-state index < -0.39 is 255 Å². The first-order chi connectivity index (χ1) is 36.5. The number of alkyl halides is 20. The van der Waals surface area contributed by atoms with Crippen LogP contribution in [-0.4, -0.2) is 191 Å². The smallest absolute Gasteiger partial charge is 0.211 e. The molecular formula is C23H32F20Li6N6O24S12+6. The molecular weight excluding hydrogens is 1550 g/mol. The van der Waals surface area contributed by atoms with Crippen molar-refractivity contribution in [3.63, 3.8) is 0 Å². The molecule has 0 aliphatic carbocycles. The van der Waals surface area contributed by atoms with Crippen molar-refractivity contribution in [3.8, 4) is 0 Å². The average molecular weight is 1580 g/mol. The fraction of sp³-hybridized carbons (Fsp3) is 1.00. The summed E-state index contributed by atoms with van der Waals surface area (Å²) in [5.41, 5.74) is 0. The van der Waals surface area contributed by atoms with Crippen LogP contribution in [0.25, 0.3) is 0 Å². The molecule has 68 heteroatoms. The molecule has 0 unspecified atom stereocenters. The minimum atomic E-state index is -7.07. The molecule has 6 saturated heterocycles. The summed E-state index contributed by atoms with van der Waals surface area (Å²) in [7, 11) is -58.5. The third kappa shape index (κ3) is 25.1. The van der Waals surface area contributed by atoms with E-state index in [9.17, 15) is 189 Å². The Labute approximate surface area is 575 Å². The molecule has 0 radical (unpaired) electrons. The number of hydrogen-bond acceptors (Lipinski definition) is 24. The molecule has 6 N–H and O–H groups in total. The zero-order chi connectivity index (χ0) is 68.4. The second-order valence-electron chi connectivity index (χ2n) is 16.5. The van der Waals surface area contributed by atoms with E-state index in [1.54, 1.807) is 0 Å². The molecule has 6 heterocycles. The number of nitrogens with one attached hydrogen (secondary N) is 6. The third-order valence-electron chi connectivity index (χ3n) is 9.38. The Morgan fingerprint density at radius 1 is 0.231 bits per heavy atom. The zero-order valence-corrected chi connectivity index (χ0v) is 55.2. The Kier molecular flexibility index (Phi) is 36.5. The Bertz CT molecular complexity index is 3970. The predicted octanol–water partition coefficient (Wildman–Crippen LogP) is -19.7. The maximum atomic E-state index is 13.4. The van der Waals surface area contributed by atoms with E-state index in [2.05, 4.69) is 0 Å². The van der Waals surface area contributed by atoms with Gasteiger partial charge < -0.3 is 0 Å². The van der Waals surface area contributed by atoms with E-state index in [0.29, 0.717) is 8.25 Å². The molecule has 0 saturated carbocycles. The van der Waals surface area contributed by atoms with Gasteiger partial charge in [0.25, 0.3) is 50.1 Å². The van der Waals surface area contributed by atoms with Gasteiger partial charge in [0.1, 0.15) is 5.75 Å². The molecule has 91 heavy (non-hydrogen) atoms. The molecule has 6 aliphatic rings. The second-order valence-corrected chi connectivity index (χ2v) is 39.8. The van der Waals surface area contributed by atoms with Crippen molar-refractivity contribution in [2.45, 2.75) is 101 Å². The van der Waals surface area contributed by atoms with Crippen LogP contribution in [0.15, 0.2) is 0 Å². The van der Waals surface area contributed by atoms with Gasteiger partial charge in [-0.2, -0.15) is 87.8 Å². The van der Waals surface area contributed by atoms with Crippen molar-refractivity contribution in [3.05, 3.63) is 0 Å². The Morgan fingerprint density at radius 2 is 0.495 bits per heavy atom. The molecule has 0 bridgehead atoms. The largest absolute Gasteiger partial charge is 1.00 e. The van der Waals surface area contributed by atoms with Gasteiger partial charge in [0.15, 0.2) is 5.08 Å². The van der Waals surface area contributed by atoms with Crippen molar-refractivity contribution in [1.29, 1.82) is 0 Å². The molecule has 0 aromatic heterocycles. The fourth-order valence-electron chi connectivity index (χ4n) is 5.19. The van der Waals surface area contributed by atoms with Gasteiger partial charge in [0.05, 0.1) is 23.0 Å². The Morgan fingerprint density at radius 3 is 0.769 bits per heavy atom. The Hall–Kier alpha value is 1.34. The zero-order valence-electron chi connectivity index (χ0n) is 45.4. The number of rotatable bonds is 0. The third-order valence-corrected chi connectivity index (χ3v) is 32.2. The summed E-state index contributed by atoms with van der Waals surface area (Å²) in [6.07, 6.45) is -9.15. The van der Waals surface area contributed by atoms with E-state index in [0.717, 1.165) is 8.25 Å². The molecule has 0 aromatic rings. The van der Waals surface area contributed by atoms with E-state index in [1.165, 1.54) is 4.13 Å². The minimum absolute atomic E-state index is 0. The van der Waals surface area contributed by atoms with Gasteiger partial charge in [0.2, 0.25) is 70.2 Å². The first-order valence-corrected chi connectivity index (χ1v) is 38.8. The molecule has 6 aliphatic heterocycles. The van der Waals surface area contributed by atoms with Crippen LogP contribution >= 0.6 is 0 Å². The molecule has 0 atom stereocenters. The summed E-state index contributed by atoms with van der Waals surface area (Å²) >= 11 is 0. The first-order valence-electron chi connectivity index (χ1n) is 19.8. The van der Waals surface area contributed by atoms with Crippen molar-refractivity contribution in [2.75, 3.05) is 33.8 Å². The first kappa shape index (κ1) is 103. The van der Waals surface area contributed by atoms with Gasteiger partial charge in [-0.1, -0.05) is 0 Å². The molecule has 0 spiro atoms. The van der Waals surface area contributed by atoms with Gasteiger partial charge in [0, 0.05) is 25.7 Å². The number of sulfonamides is 12. The summed E-state index contributed by atoms with van der Waals surface area (Å²) in [6.45, 7) is 0. The summed E-state index contributed by atoms with van der Waals surface area (Å²) in [4.78, 5) is 0. The maximum Gasteiger partial charge on any atom is 1.00 e. The summed E-state index contributed by atoms with van der Waals surface area (Å²) in [5.74, 6) is -35.4. The van der Waals surface area contributed by atoms with Crippen molar-refractivity contribution < 1.29 is 302 Å². The standard InChI is InChI=1S/C8H9F8NO4S2.C5H7F4NO4S2.C4H5F4NO4S2.C3H5F2NO4S2.C2H3F2NO4S2.CH3NO4S2.6Li/c9-5(10)3-1-2-4-22(18,19)17-23(20,21)8(15,16)7(13,14)6(5,11)12;6-4(7)2-1-3-15(11,12)10-16(13,14)5(4,8)9;5-3(6)1-2-14(10,11)9-15(12,13)4(3,7)8;4-3(5)1-2-11(7,8)6-12(3,9)10;3-2(4)1-10(6,7)5-11(2,8)9;3-7(4)1-8(5,6)2-7;;;;;;/h17H,1-4H2;10H,1-3H2;9H,1-2H2;6H,1-2H2;5H,1H2;2H,1H2;;;;;;/q;;;;;;6*+1. The molecule has 6 fully saturated rings. The fourth-order valence-corrected chi connectivity index (χ4v) is 24.4. The quantitative estimate of drug-likeness (QED) is 0.0969. The average Bonchev–Trinajstić information content (AvgIpc) is 3.34. The van der Waals surface area contributed by atoms with Crippen molar-refractivity contribution >= 4 is 120 Å². The predicted molar refractivity (Wildman–Crippen MR) is 237 cm³/mol. The van der Waals surface area contributed by atoms with Gasteiger partial charge in [-0.25, -0.2) is 101 Å². The van der Waals surface area contributed by atoms with Crippen LogP contribution in [0.2, 0.25) is 0 Å². The maximum absolute atomic E-state index is 13.4. The second kappa shape index (κ2) is 32.1. The van der Waals surface area contributed by atoms with Gasteiger partial charge >= 0.3 is 169 Å². The summed E-state index contributed by atoms with van der Waals surface area (Å²) in [5, 5.41) is -26.7. The van der Waals surface area contributed by atoms with Crippen molar-refractivity contribution in [1.82, 2.24) is 24.8 Å².